The molecule has 0 aromatic carbocycles. The van der Waals surface area contributed by atoms with Gasteiger partial charge in [-0.1, -0.05) is 6.42 Å². The van der Waals surface area contributed by atoms with Crippen molar-refractivity contribution in [2.24, 2.45) is 11.1 Å². The highest BCUT2D eigenvalue weighted by molar-refractivity contribution is 5.13. The SMILES string of the molecule is CN(C)[C@H]1C[C@@H](N)C12CCC2. The summed E-state index contributed by atoms with van der Waals surface area (Å²) in [6.07, 6.45) is 5.36. The van der Waals surface area contributed by atoms with Gasteiger partial charge in [0, 0.05) is 17.5 Å². The maximum atomic E-state index is 6.02. The van der Waals surface area contributed by atoms with Crippen molar-refractivity contribution in [3.8, 4) is 0 Å². The molecule has 0 radical (unpaired) electrons. The molecule has 2 fully saturated rings. The normalized spacial score (nSPS) is 40.4. The summed E-state index contributed by atoms with van der Waals surface area (Å²) in [5, 5.41) is 0. The molecule has 2 saturated carbocycles. The van der Waals surface area contributed by atoms with Crippen LogP contribution < -0.4 is 5.73 Å². The van der Waals surface area contributed by atoms with Gasteiger partial charge in [0.1, 0.15) is 0 Å². The number of nitrogens with two attached hydrogens (primary N) is 1. The first-order valence-corrected chi connectivity index (χ1v) is 4.59. The molecule has 2 rings (SSSR count). The molecule has 0 unspecified atom stereocenters. The van der Waals surface area contributed by atoms with Gasteiger partial charge in [-0.25, -0.2) is 0 Å². The van der Waals surface area contributed by atoms with E-state index in [-0.39, 0.29) is 0 Å². The van der Waals surface area contributed by atoms with Crippen LogP contribution >= 0.6 is 0 Å². The van der Waals surface area contributed by atoms with Crippen LogP contribution in [0, 0.1) is 5.41 Å². The van der Waals surface area contributed by atoms with Crippen molar-refractivity contribution >= 4 is 0 Å². The van der Waals surface area contributed by atoms with E-state index in [0.29, 0.717) is 11.5 Å². The van der Waals surface area contributed by atoms with Gasteiger partial charge in [0.15, 0.2) is 0 Å². The van der Waals surface area contributed by atoms with E-state index in [1.54, 1.807) is 0 Å². The van der Waals surface area contributed by atoms with Gasteiger partial charge in [-0.2, -0.15) is 0 Å². The molecular formula is C9H18N2. The van der Waals surface area contributed by atoms with Crippen LogP contribution in [0.5, 0.6) is 0 Å². The van der Waals surface area contributed by atoms with E-state index in [1.807, 2.05) is 0 Å². The Morgan fingerprint density at radius 1 is 1.36 bits per heavy atom. The highest BCUT2D eigenvalue weighted by Crippen LogP contribution is 2.56. The second kappa shape index (κ2) is 2.20. The summed E-state index contributed by atoms with van der Waals surface area (Å²) in [5.41, 5.74) is 6.57. The smallest absolute Gasteiger partial charge is 0.0175 e. The molecule has 0 aromatic rings. The van der Waals surface area contributed by atoms with Crippen LogP contribution in [0.4, 0.5) is 0 Å². The van der Waals surface area contributed by atoms with Crippen LogP contribution in [0.1, 0.15) is 25.7 Å². The number of hydrogen-bond donors (Lipinski definition) is 1. The minimum atomic E-state index is 0.503. The van der Waals surface area contributed by atoms with Crippen molar-refractivity contribution < 1.29 is 0 Å². The third-order valence-electron chi connectivity index (χ3n) is 3.79. The molecule has 0 aliphatic heterocycles. The second-order valence-corrected chi connectivity index (χ2v) is 4.41. The summed E-state index contributed by atoms with van der Waals surface area (Å²) in [7, 11) is 4.35. The first-order chi connectivity index (χ1) is 5.17. The summed E-state index contributed by atoms with van der Waals surface area (Å²) >= 11 is 0. The number of rotatable bonds is 1. The lowest BCUT2D eigenvalue weighted by atomic mass is 9.50. The molecule has 2 N–H and O–H groups in total. The Balaban J connectivity index is 2.05. The molecule has 0 amide bonds. The minimum absolute atomic E-state index is 0.503. The van der Waals surface area contributed by atoms with E-state index in [9.17, 15) is 0 Å². The van der Waals surface area contributed by atoms with Crippen LogP contribution in [0.2, 0.25) is 0 Å². The van der Waals surface area contributed by atoms with Gasteiger partial charge >= 0.3 is 0 Å². The Morgan fingerprint density at radius 2 is 2.00 bits per heavy atom. The summed E-state index contributed by atoms with van der Waals surface area (Å²) < 4.78 is 0. The third kappa shape index (κ3) is 0.798. The predicted octanol–water partition coefficient (Wildman–Crippen LogP) is 0.818. The van der Waals surface area contributed by atoms with Gasteiger partial charge in [-0.05, 0) is 33.4 Å². The van der Waals surface area contributed by atoms with Crippen LogP contribution in [-0.2, 0) is 0 Å². The van der Waals surface area contributed by atoms with Gasteiger partial charge < -0.3 is 10.6 Å². The second-order valence-electron chi connectivity index (χ2n) is 4.41. The maximum absolute atomic E-state index is 6.02. The maximum Gasteiger partial charge on any atom is 0.0175 e. The highest BCUT2D eigenvalue weighted by Gasteiger charge is 2.57. The van der Waals surface area contributed by atoms with E-state index >= 15 is 0 Å². The molecule has 0 bridgehead atoms. The fraction of sp³-hybridized carbons (Fsp3) is 1.00. The molecule has 2 nitrogen and oxygen atoms in total. The fourth-order valence-corrected chi connectivity index (χ4v) is 2.81. The van der Waals surface area contributed by atoms with Crippen LogP contribution in [0.15, 0.2) is 0 Å². The Bertz CT molecular complexity index is 161. The van der Waals surface area contributed by atoms with Crippen molar-refractivity contribution in [3.63, 3.8) is 0 Å². The first-order valence-electron chi connectivity index (χ1n) is 4.59. The van der Waals surface area contributed by atoms with Crippen LogP contribution in [0.3, 0.4) is 0 Å². The number of nitrogens with zero attached hydrogens (tertiary/aromatic N) is 1. The molecule has 64 valence electrons. The van der Waals surface area contributed by atoms with E-state index in [4.69, 9.17) is 5.73 Å². The summed E-state index contributed by atoms with van der Waals surface area (Å²) in [5.74, 6) is 0. The first kappa shape index (κ1) is 7.56. The molecule has 2 heteroatoms. The quantitative estimate of drug-likeness (QED) is 0.606. The Morgan fingerprint density at radius 3 is 2.18 bits per heavy atom. The van der Waals surface area contributed by atoms with E-state index in [0.717, 1.165) is 6.04 Å². The summed E-state index contributed by atoms with van der Waals surface area (Å²) in [4.78, 5) is 2.35. The Kier molecular flexibility index (Phi) is 1.52. The van der Waals surface area contributed by atoms with Crippen LogP contribution in [-0.4, -0.2) is 31.1 Å². The molecule has 2 aliphatic rings. The third-order valence-corrected chi connectivity index (χ3v) is 3.79. The van der Waals surface area contributed by atoms with E-state index in [2.05, 4.69) is 19.0 Å². The number of hydrogen-bond acceptors (Lipinski definition) is 2. The van der Waals surface area contributed by atoms with E-state index < -0.39 is 0 Å². The lowest BCUT2D eigenvalue weighted by Crippen LogP contribution is -2.68. The largest absolute Gasteiger partial charge is 0.327 e. The van der Waals surface area contributed by atoms with Gasteiger partial charge in [0.25, 0.3) is 0 Å². The topological polar surface area (TPSA) is 29.3 Å². The zero-order chi connectivity index (χ0) is 8.06. The molecule has 2 aliphatic carbocycles. The fourth-order valence-electron chi connectivity index (χ4n) is 2.81. The van der Waals surface area contributed by atoms with Crippen molar-refractivity contribution in [2.75, 3.05) is 14.1 Å². The summed E-state index contributed by atoms with van der Waals surface area (Å²) in [6.45, 7) is 0. The molecular weight excluding hydrogens is 136 g/mol. The average Bonchev–Trinajstić information content (AvgIpc) is 1.78. The van der Waals surface area contributed by atoms with Gasteiger partial charge in [0.2, 0.25) is 0 Å². The molecule has 0 heterocycles. The summed E-state index contributed by atoms with van der Waals surface area (Å²) in [6, 6.07) is 1.29. The van der Waals surface area contributed by atoms with Gasteiger partial charge in [-0.3, -0.25) is 0 Å². The lowest BCUT2D eigenvalue weighted by Gasteiger charge is -2.62. The van der Waals surface area contributed by atoms with Crippen molar-refractivity contribution in [2.45, 2.75) is 37.8 Å². The van der Waals surface area contributed by atoms with Crippen molar-refractivity contribution in [1.82, 2.24) is 4.90 Å². The van der Waals surface area contributed by atoms with Crippen molar-refractivity contribution in [1.29, 1.82) is 0 Å². The predicted molar refractivity (Wildman–Crippen MR) is 46.4 cm³/mol. The highest BCUT2D eigenvalue weighted by atomic mass is 15.1. The van der Waals surface area contributed by atoms with E-state index in [1.165, 1.54) is 25.7 Å². The lowest BCUT2D eigenvalue weighted by molar-refractivity contribution is -0.0861. The Labute approximate surface area is 68.7 Å². The van der Waals surface area contributed by atoms with Crippen molar-refractivity contribution in [3.05, 3.63) is 0 Å². The molecule has 0 saturated heterocycles. The Hall–Kier alpha value is -0.0800. The monoisotopic (exact) mass is 154 g/mol. The van der Waals surface area contributed by atoms with Gasteiger partial charge in [-0.15, -0.1) is 0 Å². The standard InChI is InChI=1S/C9H18N2/c1-11(2)8-6-7(10)9(8)4-3-5-9/h7-8H,3-6,10H2,1-2H3/t7-,8+/m1/s1. The molecule has 0 aromatic heterocycles. The average molecular weight is 154 g/mol. The minimum Gasteiger partial charge on any atom is -0.327 e. The molecule has 1 spiro atoms. The molecule has 11 heavy (non-hydrogen) atoms. The molecule has 2 atom stereocenters. The van der Waals surface area contributed by atoms with Gasteiger partial charge in [0.05, 0.1) is 0 Å². The van der Waals surface area contributed by atoms with Crippen LogP contribution in [0.25, 0.3) is 0 Å². The zero-order valence-corrected chi connectivity index (χ0v) is 7.51. The zero-order valence-electron chi connectivity index (χ0n) is 7.51.